The number of nitrogens with zero attached hydrogens (tertiary/aromatic N) is 1. The fourth-order valence-electron chi connectivity index (χ4n) is 2.72. The van der Waals surface area contributed by atoms with E-state index >= 15 is 0 Å². The number of amides is 1. The zero-order valence-electron chi connectivity index (χ0n) is 15.4. The van der Waals surface area contributed by atoms with Gasteiger partial charge in [0.1, 0.15) is 5.58 Å². The number of fused-ring (bicyclic) bond motifs is 1. The number of furan rings is 1. The molecular weight excluding hydrogens is 364 g/mol. The molecule has 8 nitrogen and oxygen atoms in total. The second-order valence-corrected chi connectivity index (χ2v) is 6.40. The van der Waals surface area contributed by atoms with Crippen molar-refractivity contribution < 1.29 is 23.7 Å². The van der Waals surface area contributed by atoms with Crippen LogP contribution in [0.15, 0.2) is 47.1 Å². The summed E-state index contributed by atoms with van der Waals surface area (Å²) in [6.45, 7) is 3.16. The molecule has 0 unspecified atom stereocenters. The number of esters is 1. The molecule has 0 bridgehead atoms. The maximum absolute atomic E-state index is 12.1. The van der Waals surface area contributed by atoms with Crippen LogP contribution in [0.1, 0.15) is 16.7 Å². The Morgan fingerprint density at radius 2 is 1.96 bits per heavy atom. The average Bonchev–Trinajstić information content (AvgIpc) is 3.03. The molecule has 8 heteroatoms. The van der Waals surface area contributed by atoms with Crippen molar-refractivity contribution in [1.29, 1.82) is 0 Å². The number of aryl methyl sites for hydroxylation is 2. The topological polar surface area (TPSA) is 112 Å². The largest absolute Gasteiger partial charge is 0.464 e. The summed E-state index contributed by atoms with van der Waals surface area (Å²) in [6, 6.07) is 9.80. The van der Waals surface area contributed by atoms with E-state index in [9.17, 15) is 19.7 Å². The van der Waals surface area contributed by atoms with Gasteiger partial charge in [-0.1, -0.05) is 18.2 Å². The Labute approximate surface area is 160 Å². The summed E-state index contributed by atoms with van der Waals surface area (Å²) in [4.78, 5) is 34.4. The van der Waals surface area contributed by atoms with E-state index in [4.69, 9.17) is 9.15 Å². The van der Waals surface area contributed by atoms with Gasteiger partial charge in [0.15, 0.2) is 6.61 Å². The predicted molar refractivity (Wildman–Crippen MR) is 102 cm³/mol. The van der Waals surface area contributed by atoms with E-state index in [1.807, 2.05) is 25.1 Å². The van der Waals surface area contributed by atoms with Crippen LogP contribution in [0, 0.1) is 24.0 Å². The number of benzene rings is 2. The Morgan fingerprint density at radius 1 is 1.18 bits per heavy atom. The normalized spacial score (nSPS) is 10.6. The highest BCUT2D eigenvalue weighted by Crippen LogP contribution is 2.23. The Hall–Kier alpha value is -3.68. The van der Waals surface area contributed by atoms with Crippen LogP contribution >= 0.6 is 0 Å². The number of ether oxygens (including phenoxy) is 1. The van der Waals surface area contributed by atoms with Crippen molar-refractivity contribution in [3.63, 3.8) is 0 Å². The number of nitro benzene ring substituents is 1. The third kappa shape index (κ3) is 4.35. The summed E-state index contributed by atoms with van der Waals surface area (Å²) in [5.41, 5.74) is 3.22. The Kier molecular flexibility index (Phi) is 5.39. The lowest BCUT2D eigenvalue weighted by Gasteiger charge is -2.09. The smallest absolute Gasteiger partial charge is 0.310 e. The maximum atomic E-state index is 12.1. The lowest BCUT2D eigenvalue weighted by atomic mass is 10.1. The van der Waals surface area contributed by atoms with Crippen LogP contribution in [-0.2, 0) is 20.7 Å². The Morgan fingerprint density at radius 3 is 2.71 bits per heavy atom. The molecule has 0 fully saturated rings. The second kappa shape index (κ2) is 7.91. The summed E-state index contributed by atoms with van der Waals surface area (Å²) in [5.74, 6) is -1.15. The molecule has 0 aliphatic rings. The molecule has 0 saturated carbocycles. The number of hydrogen-bond donors (Lipinski definition) is 1. The van der Waals surface area contributed by atoms with E-state index in [2.05, 4.69) is 5.32 Å². The highest BCUT2D eigenvalue weighted by molar-refractivity contribution is 5.94. The first-order valence-corrected chi connectivity index (χ1v) is 8.51. The number of anilines is 1. The van der Waals surface area contributed by atoms with Crippen molar-refractivity contribution in [2.24, 2.45) is 0 Å². The minimum absolute atomic E-state index is 0.0286. The van der Waals surface area contributed by atoms with Gasteiger partial charge < -0.3 is 14.5 Å². The Bertz CT molecular complexity index is 1070. The molecule has 1 heterocycles. The number of nitro groups is 1. The Balaban J connectivity index is 1.58. The monoisotopic (exact) mass is 382 g/mol. The fraction of sp³-hybridized carbons (Fsp3) is 0.200. The van der Waals surface area contributed by atoms with Gasteiger partial charge in [0, 0.05) is 23.1 Å². The van der Waals surface area contributed by atoms with Crippen molar-refractivity contribution in [2.45, 2.75) is 20.3 Å². The van der Waals surface area contributed by atoms with Crippen LogP contribution in [0.2, 0.25) is 0 Å². The summed E-state index contributed by atoms with van der Waals surface area (Å²) < 4.78 is 10.4. The average molecular weight is 382 g/mol. The SMILES string of the molecule is Cc1ccc2c(CC(=O)OCC(=O)Nc3cc([N+](=O)[O-])ccc3C)coc2c1. The van der Waals surface area contributed by atoms with E-state index in [1.54, 1.807) is 6.92 Å². The van der Waals surface area contributed by atoms with Gasteiger partial charge in [-0.25, -0.2) is 0 Å². The second-order valence-electron chi connectivity index (χ2n) is 6.40. The molecule has 144 valence electrons. The minimum atomic E-state index is -0.579. The summed E-state index contributed by atoms with van der Waals surface area (Å²) in [5, 5.41) is 14.2. The van der Waals surface area contributed by atoms with Crippen LogP contribution in [-0.4, -0.2) is 23.4 Å². The van der Waals surface area contributed by atoms with Crippen LogP contribution in [0.4, 0.5) is 11.4 Å². The molecule has 1 N–H and O–H groups in total. The van der Waals surface area contributed by atoms with Gasteiger partial charge in [-0.2, -0.15) is 0 Å². The van der Waals surface area contributed by atoms with Gasteiger partial charge in [0.25, 0.3) is 11.6 Å². The molecule has 1 amide bonds. The first-order chi connectivity index (χ1) is 13.3. The van der Waals surface area contributed by atoms with Gasteiger partial charge >= 0.3 is 5.97 Å². The first kappa shape index (κ1) is 19.1. The molecule has 0 atom stereocenters. The third-order valence-electron chi connectivity index (χ3n) is 4.22. The summed E-state index contributed by atoms with van der Waals surface area (Å²) >= 11 is 0. The number of carbonyl (C=O) groups is 2. The van der Waals surface area contributed by atoms with E-state index in [0.717, 1.165) is 10.9 Å². The van der Waals surface area contributed by atoms with E-state index in [0.29, 0.717) is 22.4 Å². The van der Waals surface area contributed by atoms with Crippen molar-refractivity contribution >= 4 is 34.2 Å². The highest BCUT2D eigenvalue weighted by Gasteiger charge is 2.15. The van der Waals surface area contributed by atoms with Gasteiger partial charge in [0.05, 0.1) is 23.3 Å². The molecule has 0 aliphatic carbocycles. The van der Waals surface area contributed by atoms with Crippen LogP contribution in [0.5, 0.6) is 0 Å². The lowest BCUT2D eigenvalue weighted by molar-refractivity contribution is -0.384. The summed E-state index contributed by atoms with van der Waals surface area (Å²) in [6.07, 6.45) is 1.47. The molecule has 2 aromatic carbocycles. The first-order valence-electron chi connectivity index (χ1n) is 8.51. The van der Waals surface area contributed by atoms with Crippen molar-refractivity contribution in [3.8, 4) is 0 Å². The molecule has 3 aromatic rings. The fourth-order valence-corrected chi connectivity index (χ4v) is 2.72. The van der Waals surface area contributed by atoms with E-state index in [1.165, 1.54) is 24.5 Å². The zero-order chi connectivity index (χ0) is 20.3. The standard InChI is InChI=1S/C20H18N2O6/c1-12-3-6-16-14(10-27-18(16)7-12)8-20(24)28-11-19(23)21-17-9-15(22(25)26)5-4-13(17)2/h3-7,9-10H,8,11H2,1-2H3,(H,21,23). The molecular formula is C20H18N2O6. The maximum Gasteiger partial charge on any atom is 0.310 e. The van der Waals surface area contributed by atoms with Gasteiger partial charge in [0.2, 0.25) is 0 Å². The number of carbonyl (C=O) groups excluding carboxylic acids is 2. The molecule has 0 radical (unpaired) electrons. The molecule has 1 aromatic heterocycles. The van der Waals surface area contributed by atoms with Gasteiger partial charge in [-0.3, -0.25) is 19.7 Å². The molecule has 0 saturated heterocycles. The van der Waals surface area contributed by atoms with Crippen molar-refractivity contribution in [3.05, 3.63) is 69.5 Å². The van der Waals surface area contributed by atoms with Crippen molar-refractivity contribution in [1.82, 2.24) is 0 Å². The molecule has 0 aliphatic heterocycles. The molecule has 3 rings (SSSR count). The predicted octanol–water partition coefficient (Wildman–Crippen LogP) is 3.68. The third-order valence-corrected chi connectivity index (χ3v) is 4.22. The minimum Gasteiger partial charge on any atom is -0.464 e. The number of rotatable bonds is 6. The lowest BCUT2D eigenvalue weighted by Crippen LogP contribution is -2.22. The highest BCUT2D eigenvalue weighted by atomic mass is 16.6. The number of non-ortho nitro benzene ring substituents is 1. The van der Waals surface area contributed by atoms with E-state index < -0.39 is 23.4 Å². The van der Waals surface area contributed by atoms with Crippen LogP contribution in [0.3, 0.4) is 0 Å². The number of hydrogen-bond acceptors (Lipinski definition) is 6. The van der Waals surface area contributed by atoms with Crippen LogP contribution < -0.4 is 5.32 Å². The number of nitrogens with one attached hydrogen (secondary N) is 1. The van der Waals surface area contributed by atoms with Gasteiger partial charge in [-0.15, -0.1) is 0 Å². The van der Waals surface area contributed by atoms with Crippen LogP contribution in [0.25, 0.3) is 11.0 Å². The molecule has 0 spiro atoms. The van der Waals surface area contributed by atoms with E-state index in [-0.39, 0.29) is 12.1 Å². The summed E-state index contributed by atoms with van der Waals surface area (Å²) in [7, 11) is 0. The molecule has 28 heavy (non-hydrogen) atoms. The van der Waals surface area contributed by atoms with Gasteiger partial charge in [-0.05, 0) is 31.0 Å². The zero-order valence-corrected chi connectivity index (χ0v) is 15.4. The quantitative estimate of drug-likeness (QED) is 0.395. The van der Waals surface area contributed by atoms with Crippen molar-refractivity contribution in [2.75, 3.05) is 11.9 Å².